The lowest BCUT2D eigenvalue weighted by Crippen LogP contribution is -2.46. The molecule has 0 aromatic heterocycles. The Hall–Kier alpha value is -1.35. The van der Waals surface area contributed by atoms with Crippen molar-refractivity contribution >= 4 is 5.91 Å². The summed E-state index contributed by atoms with van der Waals surface area (Å²) in [6.07, 6.45) is 6.55. The SMILES string of the molecule is N[C@H](Cc1ccccc1)C(=O)NC1CCCCC1. The average Bonchev–Trinajstić information content (AvgIpc) is 2.41. The number of amides is 1. The fourth-order valence-corrected chi connectivity index (χ4v) is 2.52. The lowest BCUT2D eigenvalue weighted by atomic mass is 9.95. The summed E-state index contributed by atoms with van der Waals surface area (Å²) in [5.41, 5.74) is 7.07. The van der Waals surface area contributed by atoms with E-state index in [1.54, 1.807) is 0 Å². The van der Waals surface area contributed by atoms with Crippen molar-refractivity contribution in [1.82, 2.24) is 5.32 Å². The monoisotopic (exact) mass is 246 g/mol. The van der Waals surface area contributed by atoms with Gasteiger partial charge in [0, 0.05) is 6.04 Å². The second kappa shape index (κ2) is 6.55. The molecule has 0 aliphatic heterocycles. The van der Waals surface area contributed by atoms with Gasteiger partial charge >= 0.3 is 0 Å². The van der Waals surface area contributed by atoms with E-state index in [9.17, 15) is 4.79 Å². The molecule has 18 heavy (non-hydrogen) atoms. The van der Waals surface area contributed by atoms with Crippen LogP contribution in [0, 0.1) is 0 Å². The number of rotatable bonds is 4. The number of hydrogen-bond acceptors (Lipinski definition) is 2. The van der Waals surface area contributed by atoms with Gasteiger partial charge in [-0.2, -0.15) is 0 Å². The Bertz CT molecular complexity index is 371. The standard InChI is InChI=1S/C15H22N2O/c16-14(11-12-7-3-1-4-8-12)15(18)17-13-9-5-2-6-10-13/h1,3-4,7-8,13-14H,2,5-6,9-11,16H2,(H,17,18)/t14-/m1/s1. The highest BCUT2D eigenvalue weighted by Gasteiger charge is 2.19. The molecule has 1 amide bonds. The Morgan fingerprint density at radius 1 is 1.22 bits per heavy atom. The molecule has 1 fully saturated rings. The van der Waals surface area contributed by atoms with E-state index in [2.05, 4.69) is 5.32 Å². The minimum atomic E-state index is -0.436. The van der Waals surface area contributed by atoms with Crippen molar-refractivity contribution in [1.29, 1.82) is 0 Å². The molecule has 1 aliphatic rings. The first-order chi connectivity index (χ1) is 8.75. The van der Waals surface area contributed by atoms with Crippen molar-refractivity contribution in [2.75, 3.05) is 0 Å². The number of nitrogens with two attached hydrogens (primary N) is 1. The predicted molar refractivity (Wildman–Crippen MR) is 73.1 cm³/mol. The first-order valence-electron chi connectivity index (χ1n) is 6.85. The Kier molecular flexibility index (Phi) is 4.76. The zero-order valence-corrected chi connectivity index (χ0v) is 10.8. The maximum absolute atomic E-state index is 12.0. The maximum atomic E-state index is 12.0. The van der Waals surface area contributed by atoms with Gasteiger partial charge in [-0.25, -0.2) is 0 Å². The van der Waals surface area contributed by atoms with Crippen LogP contribution in [-0.2, 0) is 11.2 Å². The quantitative estimate of drug-likeness (QED) is 0.854. The van der Waals surface area contributed by atoms with Crippen LogP contribution in [-0.4, -0.2) is 18.0 Å². The topological polar surface area (TPSA) is 55.1 Å². The Labute approximate surface area is 109 Å². The number of hydrogen-bond donors (Lipinski definition) is 2. The van der Waals surface area contributed by atoms with Crippen molar-refractivity contribution in [2.24, 2.45) is 5.73 Å². The third-order valence-electron chi connectivity index (χ3n) is 3.59. The van der Waals surface area contributed by atoms with E-state index in [1.165, 1.54) is 19.3 Å². The molecular weight excluding hydrogens is 224 g/mol. The summed E-state index contributed by atoms with van der Waals surface area (Å²) in [4.78, 5) is 12.0. The zero-order chi connectivity index (χ0) is 12.8. The van der Waals surface area contributed by atoms with Crippen LogP contribution in [0.2, 0.25) is 0 Å². The largest absolute Gasteiger partial charge is 0.352 e. The average molecular weight is 246 g/mol. The number of nitrogens with one attached hydrogen (secondary N) is 1. The van der Waals surface area contributed by atoms with E-state index >= 15 is 0 Å². The van der Waals surface area contributed by atoms with Gasteiger partial charge in [0.05, 0.1) is 6.04 Å². The summed E-state index contributed by atoms with van der Waals surface area (Å²) in [6, 6.07) is 9.84. The molecule has 1 atom stereocenters. The maximum Gasteiger partial charge on any atom is 0.237 e. The molecule has 0 spiro atoms. The van der Waals surface area contributed by atoms with Crippen molar-refractivity contribution in [3.63, 3.8) is 0 Å². The fraction of sp³-hybridized carbons (Fsp3) is 0.533. The lowest BCUT2D eigenvalue weighted by Gasteiger charge is -2.24. The van der Waals surface area contributed by atoms with Crippen LogP contribution < -0.4 is 11.1 Å². The summed E-state index contributed by atoms with van der Waals surface area (Å²) in [7, 11) is 0. The highest BCUT2D eigenvalue weighted by atomic mass is 16.2. The highest BCUT2D eigenvalue weighted by molar-refractivity contribution is 5.82. The van der Waals surface area contributed by atoms with Gasteiger partial charge in [-0.15, -0.1) is 0 Å². The van der Waals surface area contributed by atoms with E-state index in [-0.39, 0.29) is 5.91 Å². The number of benzene rings is 1. The van der Waals surface area contributed by atoms with Gasteiger partial charge in [-0.3, -0.25) is 4.79 Å². The smallest absolute Gasteiger partial charge is 0.237 e. The second-order valence-corrected chi connectivity index (χ2v) is 5.14. The minimum Gasteiger partial charge on any atom is -0.352 e. The van der Waals surface area contributed by atoms with Crippen LogP contribution in [0.3, 0.4) is 0 Å². The Morgan fingerprint density at radius 3 is 2.56 bits per heavy atom. The Morgan fingerprint density at radius 2 is 1.89 bits per heavy atom. The van der Waals surface area contributed by atoms with Crippen LogP contribution >= 0.6 is 0 Å². The molecule has 98 valence electrons. The summed E-state index contributed by atoms with van der Waals surface area (Å²) in [5, 5.41) is 3.07. The molecule has 1 saturated carbocycles. The third kappa shape index (κ3) is 3.84. The molecule has 1 aliphatic carbocycles. The van der Waals surface area contributed by atoms with Crippen LogP contribution in [0.25, 0.3) is 0 Å². The van der Waals surface area contributed by atoms with E-state index in [4.69, 9.17) is 5.73 Å². The lowest BCUT2D eigenvalue weighted by molar-refractivity contribution is -0.123. The van der Waals surface area contributed by atoms with E-state index in [0.717, 1.165) is 18.4 Å². The predicted octanol–water partition coefficient (Wildman–Crippen LogP) is 2.01. The normalized spacial score (nSPS) is 18.3. The molecule has 3 N–H and O–H groups in total. The summed E-state index contributed by atoms with van der Waals surface area (Å²) in [6.45, 7) is 0. The summed E-state index contributed by atoms with van der Waals surface area (Å²) >= 11 is 0. The first-order valence-corrected chi connectivity index (χ1v) is 6.85. The van der Waals surface area contributed by atoms with Gasteiger partial charge in [0.25, 0.3) is 0 Å². The summed E-state index contributed by atoms with van der Waals surface area (Å²) in [5.74, 6) is -0.00856. The molecule has 0 bridgehead atoms. The molecule has 2 rings (SSSR count). The number of carbonyl (C=O) groups is 1. The van der Waals surface area contributed by atoms with Gasteiger partial charge in [-0.1, -0.05) is 49.6 Å². The molecule has 0 heterocycles. The minimum absolute atomic E-state index is 0.00856. The molecule has 3 heteroatoms. The highest BCUT2D eigenvalue weighted by Crippen LogP contribution is 2.17. The molecular formula is C15H22N2O. The van der Waals surface area contributed by atoms with E-state index < -0.39 is 6.04 Å². The van der Waals surface area contributed by atoms with Crippen molar-refractivity contribution in [2.45, 2.75) is 50.6 Å². The molecule has 1 aromatic rings. The summed E-state index contributed by atoms with van der Waals surface area (Å²) < 4.78 is 0. The fourth-order valence-electron chi connectivity index (χ4n) is 2.52. The Balaban J connectivity index is 1.81. The van der Waals surface area contributed by atoms with Gasteiger partial charge in [0.2, 0.25) is 5.91 Å². The van der Waals surface area contributed by atoms with Gasteiger partial charge in [0.1, 0.15) is 0 Å². The molecule has 1 aromatic carbocycles. The van der Waals surface area contributed by atoms with E-state index in [1.807, 2.05) is 30.3 Å². The van der Waals surface area contributed by atoms with Crippen molar-refractivity contribution < 1.29 is 4.79 Å². The van der Waals surface area contributed by atoms with Crippen molar-refractivity contribution in [3.8, 4) is 0 Å². The molecule has 0 unspecified atom stereocenters. The first kappa shape index (κ1) is 13.1. The van der Waals surface area contributed by atoms with Gasteiger partial charge in [-0.05, 0) is 24.8 Å². The van der Waals surface area contributed by atoms with Gasteiger partial charge in [0.15, 0.2) is 0 Å². The molecule has 0 radical (unpaired) electrons. The number of carbonyl (C=O) groups excluding carboxylic acids is 1. The second-order valence-electron chi connectivity index (χ2n) is 5.14. The van der Waals surface area contributed by atoms with Crippen LogP contribution in [0.1, 0.15) is 37.7 Å². The van der Waals surface area contributed by atoms with Crippen LogP contribution in [0.4, 0.5) is 0 Å². The molecule has 3 nitrogen and oxygen atoms in total. The zero-order valence-electron chi connectivity index (χ0n) is 10.8. The molecule has 0 saturated heterocycles. The van der Waals surface area contributed by atoms with Gasteiger partial charge < -0.3 is 11.1 Å². The van der Waals surface area contributed by atoms with Crippen LogP contribution in [0.15, 0.2) is 30.3 Å². The van der Waals surface area contributed by atoms with Crippen LogP contribution in [0.5, 0.6) is 0 Å². The third-order valence-corrected chi connectivity index (χ3v) is 3.59. The van der Waals surface area contributed by atoms with Crippen molar-refractivity contribution in [3.05, 3.63) is 35.9 Å². The van der Waals surface area contributed by atoms with E-state index in [0.29, 0.717) is 12.5 Å².